The van der Waals surface area contributed by atoms with Crippen molar-refractivity contribution in [2.24, 2.45) is 0 Å². The third kappa shape index (κ3) is 3.04. The Labute approximate surface area is 129 Å². The van der Waals surface area contributed by atoms with Crippen LogP contribution in [0, 0.1) is 6.92 Å². The van der Waals surface area contributed by atoms with Gasteiger partial charge in [-0.3, -0.25) is 4.68 Å². The van der Waals surface area contributed by atoms with Gasteiger partial charge in [-0.25, -0.2) is 4.98 Å². The molecule has 2 aromatic heterocycles. The van der Waals surface area contributed by atoms with Crippen LogP contribution in [-0.4, -0.2) is 14.8 Å². The van der Waals surface area contributed by atoms with E-state index in [9.17, 15) is 13.2 Å². The lowest BCUT2D eigenvalue weighted by molar-refractivity contribution is -0.141. The van der Waals surface area contributed by atoms with Gasteiger partial charge in [0, 0.05) is 17.1 Å². The van der Waals surface area contributed by atoms with Crippen molar-refractivity contribution >= 4 is 11.3 Å². The molecule has 0 unspecified atom stereocenters. The minimum Gasteiger partial charge on any atom is -0.265 e. The number of benzene rings is 1. The lowest BCUT2D eigenvalue weighted by Gasteiger charge is -2.05. The van der Waals surface area contributed by atoms with Crippen LogP contribution in [0.15, 0.2) is 41.9 Å². The molecule has 0 aliphatic heterocycles. The van der Waals surface area contributed by atoms with Gasteiger partial charge in [-0.2, -0.15) is 18.3 Å². The largest absolute Gasteiger partial charge is 0.435 e. The van der Waals surface area contributed by atoms with Crippen molar-refractivity contribution in [2.45, 2.75) is 19.6 Å². The lowest BCUT2D eigenvalue weighted by Crippen LogP contribution is -2.09. The molecule has 7 heteroatoms. The predicted octanol–water partition coefficient (Wildman–Crippen LogP) is 4.38. The van der Waals surface area contributed by atoms with Gasteiger partial charge in [0.05, 0.1) is 17.2 Å². The van der Waals surface area contributed by atoms with Crippen LogP contribution in [0.25, 0.3) is 11.1 Å². The third-order valence-corrected chi connectivity index (χ3v) is 3.93. The highest BCUT2D eigenvalue weighted by atomic mass is 32.1. The first-order chi connectivity index (χ1) is 10.4. The molecule has 0 atom stereocenters. The first kappa shape index (κ1) is 14.8. The van der Waals surface area contributed by atoms with E-state index in [1.54, 1.807) is 30.3 Å². The van der Waals surface area contributed by atoms with Crippen molar-refractivity contribution in [2.75, 3.05) is 0 Å². The van der Waals surface area contributed by atoms with Crippen LogP contribution < -0.4 is 0 Å². The highest BCUT2D eigenvalue weighted by Gasteiger charge is 2.37. The van der Waals surface area contributed by atoms with Gasteiger partial charge in [-0.15, -0.1) is 11.3 Å². The summed E-state index contributed by atoms with van der Waals surface area (Å²) in [6.07, 6.45) is -3.07. The molecule has 3 aromatic rings. The summed E-state index contributed by atoms with van der Waals surface area (Å²) in [6, 6.07) is 8.46. The van der Waals surface area contributed by atoms with Gasteiger partial charge in [-0.1, -0.05) is 30.3 Å². The summed E-state index contributed by atoms with van der Waals surface area (Å²) >= 11 is 1.46. The molecule has 0 aliphatic carbocycles. The molecule has 114 valence electrons. The molecular formula is C15H12F3N3S. The van der Waals surface area contributed by atoms with E-state index in [-0.39, 0.29) is 12.1 Å². The molecule has 0 spiro atoms. The Hall–Kier alpha value is -2.15. The van der Waals surface area contributed by atoms with E-state index in [0.29, 0.717) is 11.3 Å². The van der Waals surface area contributed by atoms with E-state index in [1.165, 1.54) is 22.2 Å². The van der Waals surface area contributed by atoms with Gasteiger partial charge in [0.15, 0.2) is 5.69 Å². The third-order valence-electron chi connectivity index (χ3n) is 3.11. The van der Waals surface area contributed by atoms with Crippen LogP contribution in [-0.2, 0) is 12.7 Å². The Kier molecular flexibility index (Phi) is 3.74. The fourth-order valence-electron chi connectivity index (χ4n) is 2.19. The Bertz CT molecular complexity index is 775. The first-order valence-corrected chi connectivity index (χ1v) is 7.42. The summed E-state index contributed by atoms with van der Waals surface area (Å²) < 4.78 is 40.9. The van der Waals surface area contributed by atoms with Crippen LogP contribution in [0.2, 0.25) is 0 Å². The van der Waals surface area contributed by atoms with Gasteiger partial charge in [-0.05, 0) is 12.5 Å². The minimum atomic E-state index is -4.49. The summed E-state index contributed by atoms with van der Waals surface area (Å²) in [7, 11) is 0. The number of rotatable bonds is 3. The molecule has 3 nitrogen and oxygen atoms in total. The average Bonchev–Trinajstić information content (AvgIpc) is 3.06. The summed E-state index contributed by atoms with van der Waals surface area (Å²) in [5.74, 6) is 0. The molecule has 0 bridgehead atoms. The Balaban J connectivity index is 2.01. The van der Waals surface area contributed by atoms with Crippen LogP contribution in [0.4, 0.5) is 13.2 Å². The lowest BCUT2D eigenvalue weighted by atomic mass is 10.1. The number of aryl methyl sites for hydroxylation is 1. The highest BCUT2D eigenvalue weighted by molar-refractivity contribution is 7.09. The number of hydrogen-bond acceptors (Lipinski definition) is 3. The molecule has 22 heavy (non-hydrogen) atoms. The number of nitrogens with zero attached hydrogens (tertiary/aromatic N) is 3. The Morgan fingerprint density at radius 3 is 2.50 bits per heavy atom. The topological polar surface area (TPSA) is 30.7 Å². The second-order valence-corrected chi connectivity index (χ2v) is 5.87. The number of alkyl halides is 3. The second kappa shape index (κ2) is 5.57. The molecule has 0 N–H and O–H groups in total. The molecule has 3 rings (SSSR count). The highest BCUT2D eigenvalue weighted by Crippen LogP contribution is 2.36. The van der Waals surface area contributed by atoms with Crippen LogP contribution in [0.3, 0.4) is 0 Å². The van der Waals surface area contributed by atoms with Gasteiger partial charge < -0.3 is 0 Å². The quantitative estimate of drug-likeness (QED) is 0.716. The molecule has 0 saturated carbocycles. The number of hydrogen-bond donors (Lipinski definition) is 0. The zero-order chi connectivity index (χ0) is 15.7. The van der Waals surface area contributed by atoms with E-state index >= 15 is 0 Å². The van der Waals surface area contributed by atoms with Crippen LogP contribution >= 0.6 is 11.3 Å². The zero-order valence-electron chi connectivity index (χ0n) is 11.6. The molecule has 2 heterocycles. The van der Waals surface area contributed by atoms with Crippen molar-refractivity contribution < 1.29 is 13.2 Å². The number of thiazole rings is 1. The van der Waals surface area contributed by atoms with E-state index in [0.717, 1.165) is 5.01 Å². The Morgan fingerprint density at radius 1 is 1.18 bits per heavy atom. The predicted molar refractivity (Wildman–Crippen MR) is 78.6 cm³/mol. The maximum absolute atomic E-state index is 13.2. The molecule has 0 fully saturated rings. The fraction of sp³-hybridized carbons (Fsp3) is 0.200. The van der Waals surface area contributed by atoms with Crippen molar-refractivity contribution in [3.63, 3.8) is 0 Å². The van der Waals surface area contributed by atoms with E-state index in [4.69, 9.17) is 0 Å². The van der Waals surface area contributed by atoms with Crippen LogP contribution in [0.1, 0.15) is 16.4 Å². The smallest absolute Gasteiger partial charge is 0.265 e. The maximum atomic E-state index is 13.2. The van der Waals surface area contributed by atoms with Crippen molar-refractivity contribution in [1.29, 1.82) is 0 Å². The van der Waals surface area contributed by atoms with Gasteiger partial charge in [0.25, 0.3) is 0 Å². The van der Waals surface area contributed by atoms with E-state index in [2.05, 4.69) is 10.1 Å². The monoisotopic (exact) mass is 323 g/mol. The first-order valence-electron chi connectivity index (χ1n) is 6.54. The summed E-state index contributed by atoms with van der Waals surface area (Å²) in [5, 5.41) is 6.42. The maximum Gasteiger partial charge on any atom is 0.435 e. The van der Waals surface area contributed by atoms with Gasteiger partial charge in [0.2, 0.25) is 0 Å². The number of halogens is 3. The fourth-order valence-corrected chi connectivity index (χ4v) is 2.79. The van der Waals surface area contributed by atoms with Crippen molar-refractivity contribution in [1.82, 2.24) is 14.8 Å². The molecular weight excluding hydrogens is 311 g/mol. The van der Waals surface area contributed by atoms with Gasteiger partial charge >= 0.3 is 6.18 Å². The summed E-state index contributed by atoms with van der Waals surface area (Å²) in [5.41, 5.74) is 0.416. The van der Waals surface area contributed by atoms with Crippen LogP contribution in [0.5, 0.6) is 0 Å². The molecule has 1 aromatic carbocycles. The van der Waals surface area contributed by atoms with Crippen molar-refractivity contribution in [3.05, 3.63) is 58.3 Å². The normalized spacial score (nSPS) is 11.8. The molecule has 0 radical (unpaired) electrons. The van der Waals surface area contributed by atoms with E-state index in [1.807, 2.05) is 12.3 Å². The zero-order valence-corrected chi connectivity index (χ0v) is 12.4. The Morgan fingerprint density at radius 2 is 1.91 bits per heavy atom. The average molecular weight is 323 g/mol. The minimum absolute atomic E-state index is 0.0834. The summed E-state index contributed by atoms with van der Waals surface area (Å²) in [4.78, 5) is 4.26. The summed E-state index contributed by atoms with van der Waals surface area (Å²) in [6.45, 7) is 2.08. The standard InChI is InChI=1S/C15H12F3N3S/c1-10-19-12(9-22-10)7-21-8-13(11-5-3-2-4-6-11)14(20-21)15(16,17)18/h2-6,8-9H,7H2,1H3. The molecule has 0 amide bonds. The second-order valence-electron chi connectivity index (χ2n) is 4.81. The van der Waals surface area contributed by atoms with Gasteiger partial charge in [0.1, 0.15) is 0 Å². The van der Waals surface area contributed by atoms with Crippen molar-refractivity contribution in [3.8, 4) is 11.1 Å². The molecule has 0 aliphatic rings. The van der Waals surface area contributed by atoms with E-state index < -0.39 is 11.9 Å². The molecule has 0 saturated heterocycles. The number of aromatic nitrogens is 3. The SMILES string of the molecule is Cc1nc(Cn2cc(-c3ccccc3)c(C(F)(F)F)n2)cs1.